The summed E-state index contributed by atoms with van der Waals surface area (Å²) in [4.78, 5) is 25.1. The van der Waals surface area contributed by atoms with Crippen LogP contribution in [0.1, 0.15) is 26.5 Å². The number of amides is 1. The average molecular weight is 434 g/mol. The Morgan fingerprint density at radius 3 is 2.36 bits per heavy atom. The molecule has 0 aliphatic rings. The van der Waals surface area contributed by atoms with E-state index in [2.05, 4.69) is 10.5 Å². The SMILES string of the molecule is O=C(Oc1ccc2ccccc2c1/C=N\NC(=O)c1cc2ccccc2o1)c1ccccc1. The van der Waals surface area contributed by atoms with Crippen molar-refractivity contribution in [3.05, 3.63) is 114 Å². The summed E-state index contributed by atoms with van der Waals surface area (Å²) in [6, 6.07) is 29.0. The van der Waals surface area contributed by atoms with Gasteiger partial charge in [0.05, 0.1) is 11.8 Å². The lowest BCUT2D eigenvalue weighted by Gasteiger charge is -2.10. The van der Waals surface area contributed by atoms with Gasteiger partial charge in [-0.2, -0.15) is 5.10 Å². The summed E-state index contributed by atoms with van der Waals surface area (Å²) < 4.78 is 11.2. The molecule has 0 aliphatic heterocycles. The Hall–Kier alpha value is -4.71. The molecule has 6 nitrogen and oxygen atoms in total. The van der Waals surface area contributed by atoms with Gasteiger partial charge in [-0.3, -0.25) is 4.79 Å². The first kappa shape index (κ1) is 20.2. The largest absolute Gasteiger partial charge is 0.451 e. The minimum atomic E-state index is -0.481. The van der Waals surface area contributed by atoms with E-state index in [1.165, 1.54) is 6.21 Å². The fourth-order valence-corrected chi connectivity index (χ4v) is 3.54. The summed E-state index contributed by atoms with van der Waals surface area (Å²) in [7, 11) is 0. The van der Waals surface area contributed by atoms with Crippen molar-refractivity contribution in [2.24, 2.45) is 5.10 Å². The first-order chi connectivity index (χ1) is 16.2. The average Bonchev–Trinajstić information content (AvgIpc) is 3.30. The third-order valence-electron chi connectivity index (χ3n) is 5.15. The Kier molecular flexibility index (Phi) is 5.39. The van der Waals surface area contributed by atoms with Crippen molar-refractivity contribution in [3.8, 4) is 5.75 Å². The predicted octanol–water partition coefficient (Wildman–Crippen LogP) is 5.57. The molecule has 0 bridgehead atoms. The molecule has 0 atom stereocenters. The Bertz CT molecular complexity index is 1470. The van der Waals surface area contributed by atoms with Crippen LogP contribution in [-0.2, 0) is 0 Å². The van der Waals surface area contributed by atoms with Gasteiger partial charge in [0.2, 0.25) is 0 Å². The molecule has 0 radical (unpaired) electrons. The van der Waals surface area contributed by atoms with Gasteiger partial charge in [0.15, 0.2) is 5.76 Å². The highest BCUT2D eigenvalue weighted by molar-refractivity contribution is 6.04. The van der Waals surface area contributed by atoms with E-state index in [4.69, 9.17) is 9.15 Å². The Labute approximate surface area is 189 Å². The Morgan fingerprint density at radius 1 is 0.818 bits per heavy atom. The number of carbonyl (C=O) groups is 2. The van der Waals surface area contributed by atoms with Crippen molar-refractivity contribution in [2.45, 2.75) is 0 Å². The molecule has 1 aromatic heterocycles. The quantitative estimate of drug-likeness (QED) is 0.170. The maximum Gasteiger partial charge on any atom is 0.343 e. The van der Waals surface area contributed by atoms with Crippen LogP contribution in [0.5, 0.6) is 5.75 Å². The lowest BCUT2D eigenvalue weighted by Crippen LogP contribution is -2.17. The number of furan rings is 1. The van der Waals surface area contributed by atoms with E-state index in [0.717, 1.165) is 16.2 Å². The molecule has 0 saturated heterocycles. The molecule has 5 rings (SSSR count). The third-order valence-corrected chi connectivity index (χ3v) is 5.15. The fraction of sp³-hybridized carbons (Fsp3) is 0. The van der Waals surface area contributed by atoms with Gasteiger partial charge in [0.25, 0.3) is 0 Å². The van der Waals surface area contributed by atoms with Gasteiger partial charge >= 0.3 is 11.9 Å². The molecule has 33 heavy (non-hydrogen) atoms. The van der Waals surface area contributed by atoms with Crippen LogP contribution in [-0.4, -0.2) is 18.1 Å². The number of benzene rings is 4. The number of nitrogens with zero attached hydrogens (tertiary/aromatic N) is 1. The monoisotopic (exact) mass is 434 g/mol. The second-order valence-corrected chi connectivity index (χ2v) is 7.30. The number of rotatable bonds is 5. The molecule has 1 heterocycles. The lowest BCUT2D eigenvalue weighted by atomic mass is 10.0. The van der Waals surface area contributed by atoms with Gasteiger partial charge < -0.3 is 9.15 Å². The molecule has 0 aliphatic carbocycles. The number of para-hydroxylation sites is 1. The van der Waals surface area contributed by atoms with Crippen molar-refractivity contribution in [1.82, 2.24) is 5.43 Å². The number of carbonyl (C=O) groups excluding carboxylic acids is 2. The summed E-state index contributed by atoms with van der Waals surface area (Å²) in [5.41, 5.74) is 4.11. The molecule has 1 amide bonds. The van der Waals surface area contributed by atoms with E-state index >= 15 is 0 Å². The minimum Gasteiger partial charge on any atom is -0.451 e. The van der Waals surface area contributed by atoms with Crippen LogP contribution >= 0.6 is 0 Å². The molecule has 0 unspecified atom stereocenters. The van der Waals surface area contributed by atoms with Gasteiger partial charge in [-0.1, -0.05) is 66.7 Å². The van der Waals surface area contributed by atoms with Gasteiger partial charge in [-0.25, -0.2) is 10.2 Å². The fourth-order valence-electron chi connectivity index (χ4n) is 3.54. The van der Waals surface area contributed by atoms with Gasteiger partial charge in [0, 0.05) is 10.9 Å². The molecule has 4 aromatic carbocycles. The number of esters is 1. The summed E-state index contributed by atoms with van der Waals surface area (Å²) >= 11 is 0. The summed E-state index contributed by atoms with van der Waals surface area (Å²) in [6.07, 6.45) is 1.47. The zero-order valence-electron chi connectivity index (χ0n) is 17.4. The zero-order valence-corrected chi connectivity index (χ0v) is 17.4. The van der Waals surface area contributed by atoms with Gasteiger partial charge in [-0.15, -0.1) is 0 Å². The number of fused-ring (bicyclic) bond motifs is 2. The van der Waals surface area contributed by atoms with Crippen LogP contribution in [0.2, 0.25) is 0 Å². The highest BCUT2D eigenvalue weighted by Crippen LogP contribution is 2.27. The predicted molar refractivity (Wildman–Crippen MR) is 127 cm³/mol. The summed E-state index contributed by atoms with van der Waals surface area (Å²) in [5.74, 6) is -0.469. The normalized spacial score (nSPS) is 11.2. The van der Waals surface area contributed by atoms with E-state index in [1.807, 2.05) is 54.6 Å². The van der Waals surface area contributed by atoms with Crippen molar-refractivity contribution >= 4 is 39.8 Å². The standard InChI is InChI=1S/C27H18N2O4/c30-26(25-16-20-11-5-7-13-23(20)32-25)29-28-17-22-21-12-6-4-8-18(21)14-15-24(22)33-27(31)19-9-2-1-3-10-19/h1-17H,(H,29,30)/b28-17-. The summed E-state index contributed by atoms with van der Waals surface area (Å²) in [6.45, 7) is 0. The van der Waals surface area contributed by atoms with Gasteiger partial charge in [0.1, 0.15) is 11.3 Å². The van der Waals surface area contributed by atoms with Crippen LogP contribution in [0.3, 0.4) is 0 Å². The van der Waals surface area contributed by atoms with Crippen molar-refractivity contribution in [3.63, 3.8) is 0 Å². The number of hydrazone groups is 1. The highest BCUT2D eigenvalue weighted by Gasteiger charge is 2.14. The topological polar surface area (TPSA) is 80.9 Å². The Balaban J connectivity index is 1.43. The molecule has 160 valence electrons. The maximum atomic E-state index is 12.6. The smallest absolute Gasteiger partial charge is 0.343 e. The second-order valence-electron chi connectivity index (χ2n) is 7.30. The molecule has 0 fully saturated rings. The van der Waals surface area contributed by atoms with E-state index in [9.17, 15) is 9.59 Å². The lowest BCUT2D eigenvalue weighted by molar-refractivity contribution is 0.0734. The first-order valence-electron chi connectivity index (χ1n) is 10.3. The number of hydrogen-bond acceptors (Lipinski definition) is 5. The van der Waals surface area contributed by atoms with Crippen LogP contribution in [0, 0.1) is 0 Å². The summed E-state index contributed by atoms with van der Waals surface area (Å²) in [5, 5.41) is 6.71. The molecule has 1 N–H and O–H groups in total. The van der Waals surface area contributed by atoms with Crippen LogP contribution in [0.25, 0.3) is 21.7 Å². The van der Waals surface area contributed by atoms with Crippen LogP contribution < -0.4 is 10.2 Å². The van der Waals surface area contributed by atoms with Crippen LogP contribution in [0.4, 0.5) is 0 Å². The molecule has 0 saturated carbocycles. The second kappa shape index (κ2) is 8.80. The number of nitrogens with one attached hydrogen (secondary N) is 1. The third kappa shape index (κ3) is 4.22. The van der Waals surface area contributed by atoms with E-state index in [0.29, 0.717) is 22.5 Å². The number of hydrogen-bond donors (Lipinski definition) is 1. The van der Waals surface area contributed by atoms with Crippen molar-refractivity contribution in [1.29, 1.82) is 0 Å². The molecular weight excluding hydrogens is 416 g/mol. The highest BCUT2D eigenvalue weighted by atomic mass is 16.5. The minimum absolute atomic E-state index is 0.155. The Morgan fingerprint density at radius 2 is 1.55 bits per heavy atom. The molecular formula is C27H18N2O4. The van der Waals surface area contributed by atoms with Crippen molar-refractivity contribution in [2.75, 3.05) is 0 Å². The van der Waals surface area contributed by atoms with Crippen LogP contribution in [0.15, 0.2) is 107 Å². The van der Waals surface area contributed by atoms with E-state index < -0.39 is 11.9 Å². The number of ether oxygens (including phenoxy) is 1. The van der Waals surface area contributed by atoms with Gasteiger partial charge in [-0.05, 0) is 41.1 Å². The first-order valence-corrected chi connectivity index (χ1v) is 10.3. The molecule has 0 spiro atoms. The molecule has 5 aromatic rings. The van der Waals surface area contributed by atoms with Crippen molar-refractivity contribution < 1.29 is 18.7 Å². The van der Waals surface area contributed by atoms with E-state index in [-0.39, 0.29) is 5.76 Å². The zero-order chi connectivity index (χ0) is 22.6. The maximum absolute atomic E-state index is 12.6. The van der Waals surface area contributed by atoms with E-state index in [1.54, 1.807) is 42.5 Å². The molecule has 6 heteroatoms.